The highest BCUT2D eigenvalue weighted by atomic mass is 16.4. The number of hydrogen-bond donors (Lipinski definition) is 2. The van der Waals surface area contributed by atoms with E-state index in [0.717, 1.165) is 11.8 Å². The summed E-state index contributed by atoms with van der Waals surface area (Å²) >= 11 is 0. The Morgan fingerprint density at radius 3 is 2.74 bits per heavy atom. The molecule has 1 amide bonds. The molecule has 0 aromatic carbocycles. The highest BCUT2D eigenvalue weighted by Gasteiger charge is 2.17. The third-order valence-corrected chi connectivity index (χ3v) is 3.52. The highest BCUT2D eigenvalue weighted by molar-refractivity contribution is 5.94. The Hall–Kier alpha value is -2.50. The molecule has 2 heterocycles. The first-order chi connectivity index (χ1) is 11.0. The molecule has 0 saturated heterocycles. The fraction of sp³-hybridized carbons (Fsp3) is 0.412. The van der Waals surface area contributed by atoms with E-state index in [1.54, 1.807) is 18.3 Å². The Morgan fingerprint density at radius 2 is 2.04 bits per heavy atom. The Morgan fingerprint density at radius 1 is 1.26 bits per heavy atom. The summed E-state index contributed by atoms with van der Waals surface area (Å²) in [7, 11) is 0. The molecular formula is C17H21N3O3. The summed E-state index contributed by atoms with van der Waals surface area (Å²) < 4.78 is 0. The van der Waals surface area contributed by atoms with Crippen molar-refractivity contribution < 1.29 is 14.7 Å². The van der Waals surface area contributed by atoms with Crippen LogP contribution in [0.25, 0.3) is 11.0 Å². The van der Waals surface area contributed by atoms with Crippen LogP contribution in [0.1, 0.15) is 37.2 Å². The molecule has 0 aliphatic rings. The second-order valence-corrected chi connectivity index (χ2v) is 6.05. The van der Waals surface area contributed by atoms with Crippen LogP contribution in [-0.2, 0) is 4.79 Å². The molecule has 0 aliphatic carbocycles. The van der Waals surface area contributed by atoms with Gasteiger partial charge in [0.1, 0.15) is 5.69 Å². The Bertz CT molecular complexity index is 700. The molecule has 0 spiro atoms. The van der Waals surface area contributed by atoms with E-state index in [1.807, 2.05) is 26.0 Å². The number of carboxylic acids is 1. The van der Waals surface area contributed by atoms with Crippen LogP contribution in [0, 0.1) is 11.8 Å². The van der Waals surface area contributed by atoms with Gasteiger partial charge >= 0.3 is 5.97 Å². The topological polar surface area (TPSA) is 92.2 Å². The van der Waals surface area contributed by atoms with Crippen molar-refractivity contribution in [3.05, 3.63) is 36.2 Å². The second kappa shape index (κ2) is 7.67. The molecule has 0 radical (unpaired) electrons. The number of aliphatic carboxylic acids is 1. The van der Waals surface area contributed by atoms with E-state index in [9.17, 15) is 9.59 Å². The van der Waals surface area contributed by atoms with Crippen molar-refractivity contribution in [1.82, 2.24) is 15.3 Å². The minimum Gasteiger partial charge on any atom is -0.481 e. The average Bonchev–Trinajstić information content (AvgIpc) is 2.50. The van der Waals surface area contributed by atoms with Crippen LogP contribution in [0.4, 0.5) is 0 Å². The van der Waals surface area contributed by atoms with Crippen molar-refractivity contribution in [2.75, 3.05) is 6.54 Å². The van der Waals surface area contributed by atoms with Crippen molar-refractivity contribution in [3.8, 4) is 0 Å². The molecule has 0 unspecified atom stereocenters. The van der Waals surface area contributed by atoms with E-state index >= 15 is 0 Å². The summed E-state index contributed by atoms with van der Waals surface area (Å²) in [5, 5.41) is 12.6. The molecular weight excluding hydrogens is 294 g/mol. The fourth-order valence-electron chi connectivity index (χ4n) is 2.56. The minimum absolute atomic E-state index is 0.0468. The van der Waals surface area contributed by atoms with E-state index in [0.29, 0.717) is 18.1 Å². The Labute approximate surface area is 135 Å². The molecule has 23 heavy (non-hydrogen) atoms. The predicted octanol–water partition coefficient (Wildman–Crippen LogP) is 2.50. The number of carbonyl (C=O) groups excluding carboxylic acids is 1. The zero-order chi connectivity index (χ0) is 16.8. The van der Waals surface area contributed by atoms with E-state index in [-0.39, 0.29) is 23.9 Å². The maximum absolute atomic E-state index is 12.2. The van der Waals surface area contributed by atoms with Crippen LogP contribution in [0.3, 0.4) is 0 Å². The Kier molecular flexibility index (Phi) is 5.62. The number of nitrogens with one attached hydrogen (secondary N) is 1. The molecule has 0 bridgehead atoms. The lowest BCUT2D eigenvalue weighted by Crippen LogP contribution is -2.31. The third-order valence-electron chi connectivity index (χ3n) is 3.52. The number of nitrogens with zero attached hydrogens (tertiary/aromatic N) is 2. The lowest BCUT2D eigenvalue weighted by Gasteiger charge is -2.17. The van der Waals surface area contributed by atoms with E-state index in [1.165, 1.54) is 0 Å². The molecule has 0 fully saturated rings. The summed E-state index contributed by atoms with van der Waals surface area (Å²) in [6, 6.07) is 7.13. The van der Waals surface area contributed by atoms with Crippen LogP contribution < -0.4 is 5.32 Å². The van der Waals surface area contributed by atoms with Crippen LogP contribution in [0.2, 0.25) is 0 Å². The van der Waals surface area contributed by atoms with Crippen LogP contribution in [0.15, 0.2) is 30.5 Å². The Balaban J connectivity index is 2.02. The van der Waals surface area contributed by atoms with Crippen molar-refractivity contribution in [2.45, 2.75) is 26.7 Å². The summed E-state index contributed by atoms with van der Waals surface area (Å²) in [6.07, 6.45) is 2.42. The summed E-state index contributed by atoms with van der Waals surface area (Å²) in [4.78, 5) is 31.5. The largest absolute Gasteiger partial charge is 0.481 e. The zero-order valence-corrected chi connectivity index (χ0v) is 13.3. The molecule has 0 saturated carbocycles. The van der Waals surface area contributed by atoms with Gasteiger partial charge in [0.2, 0.25) is 0 Å². The SMILES string of the molecule is CC(C)C[C@H](CNC(=O)c1ccc2cccnc2n1)CC(=O)O. The van der Waals surface area contributed by atoms with E-state index in [4.69, 9.17) is 5.11 Å². The molecule has 2 N–H and O–H groups in total. The maximum atomic E-state index is 12.2. The van der Waals surface area contributed by atoms with Gasteiger partial charge in [-0.2, -0.15) is 0 Å². The van der Waals surface area contributed by atoms with Gasteiger partial charge in [0.15, 0.2) is 5.65 Å². The highest BCUT2D eigenvalue weighted by Crippen LogP contribution is 2.15. The van der Waals surface area contributed by atoms with E-state index < -0.39 is 5.97 Å². The first kappa shape index (κ1) is 16.9. The van der Waals surface area contributed by atoms with Crippen LogP contribution in [0.5, 0.6) is 0 Å². The number of fused-ring (bicyclic) bond motifs is 1. The number of carbonyl (C=O) groups is 2. The van der Waals surface area contributed by atoms with Gasteiger partial charge in [0, 0.05) is 24.5 Å². The van der Waals surface area contributed by atoms with Gasteiger partial charge < -0.3 is 10.4 Å². The van der Waals surface area contributed by atoms with Crippen molar-refractivity contribution in [2.24, 2.45) is 11.8 Å². The standard InChI is InChI=1S/C17H21N3O3/c1-11(2)8-12(9-15(21)22)10-19-17(23)14-6-5-13-4-3-7-18-16(13)20-14/h3-7,11-12H,8-10H2,1-2H3,(H,19,23)(H,21,22)/t12-/m0/s1. The number of rotatable bonds is 7. The van der Waals surface area contributed by atoms with Crippen molar-refractivity contribution >= 4 is 22.9 Å². The minimum atomic E-state index is -0.849. The quantitative estimate of drug-likeness (QED) is 0.819. The van der Waals surface area contributed by atoms with Gasteiger partial charge in [-0.25, -0.2) is 9.97 Å². The second-order valence-electron chi connectivity index (χ2n) is 6.05. The third kappa shape index (κ3) is 5.02. The molecule has 6 heteroatoms. The number of hydrogen-bond acceptors (Lipinski definition) is 4. The molecule has 2 aromatic rings. The van der Waals surface area contributed by atoms with Gasteiger partial charge in [-0.1, -0.05) is 13.8 Å². The van der Waals surface area contributed by atoms with Gasteiger partial charge in [0.25, 0.3) is 5.91 Å². The summed E-state index contributed by atoms with van der Waals surface area (Å²) in [5.74, 6) is -0.871. The molecule has 0 aliphatic heterocycles. The molecule has 122 valence electrons. The molecule has 6 nitrogen and oxygen atoms in total. The molecule has 1 atom stereocenters. The normalized spacial score (nSPS) is 12.3. The predicted molar refractivity (Wildman–Crippen MR) is 87.1 cm³/mol. The number of aromatic nitrogens is 2. The van der Waals surface area contributed by atoms with Gasteiger partial charge in [-0.15, -0.1) is 0 Å². The maximum Gasteiger partial charge on any atom is 0.303 e. The summed E-state index contributed by atoms with van der Waals surface area (Å²) in [5.41, 5.74) is 0.805. The average molecular weight is 315 g/mol. The smallest absolute Gasteiger partial charge is 0.303 e. The number of pyridine rings is 2. The first-order valence-corrected chi connectivity index (χ1v) is 7.67. The number of amides is 1. The number of carboxylic acid groups (broad SMARTS) is 1. The van der Waals surface area contributed by atoms with Crippen molar-refractivity contribution in [3.63, 3.8) is 0 Å². The lowest BCUT2D eigenvalue weighted by atomic mass is 9.94. The molecule has 2 rings (SSSR count). The lowest BCUT2D eigenvalue weighted by molar-refractivity contribution is -0.138. The van der Waals surface area contributed by atoms with E-state index in [2.05, 4.69) is 15.3 Å². The van der Waals surface area contributed by atoms with Gasteiger partial charge in [0.05, 0.1) is 0 Å². The zero-order valence-electron chi connectivity index (χ0n) is 13.3. The van der Waals surface area contributed by atoms with Crippen LogP contribution in [-0.4, -0.2) is 33.5 Å². The summed E-state index contributed by atoms with van der Waals surface area (Å²) in [6.45, 7) is 4.39. The monoisotopic (exact) mass is 315 g/mol. The van der Waals surface area contributed by atoms with Crippen LogP contribution >= 0.6 is 0 Å². The first-order valence-electron chi connectivity index (χ1n) is 7.67. The van der Waals surface area contributed by atoms with Gasteiger partial charge in [-0.3, -0.25) is 9.59 Å². The molecule has 2 aromatic heterocycles. The van der Waals surface area contributed by atoms with Gasteiger partial charge in [-0.05, 0) is 42.5 Å². The fourth-order valence-corrected chi connectivity index (χ4v) is 2.56. The van der Waals surface area contributed by atoms with Crippen molar-refractivity contribution in [1.29, 1.82) is 0 Å².